The molecule has 0 fully saturated rings. The number of halogens is 1. The molecule has 0 aliphatic rings. The first-order valence-electron chi connectivity index (χ1n) is 5.51. The molecule has 0 radical (unpaired) electrons. The average molecular weight is 291 g/mol. The topological polar surface area (TPSA) is 96.0 Å². The molecule has 0 amide bonds. The first kappa shape index (κ1) is 13.8. The van der Waals surface area contributed by atoms with Crippen LogP contribution in [0.5, 0.6) is 0 Å². The lowest BCUT2D eigenvalue weighted by molar-refractivity contribution is 0.570. The van der Waals surface area contributed by atoms with Gasteiger partial charge in [-0.05, 0) is 30.3 Å². The zero-order valence-corrected chi connectivity index (χ0v) is 11.0. The third-order valence-corrected chi connectivity index (χ3v) is 3.95. The summed E-state index contributed by atoms with van der Waals surface area (Å²) in [7, 11) is -4.07. The van der Waals surface area contributed by atoms with Crippen LogP contribution in [0.1, 0.15) is 5.56 Å². The highest BCUT2D eigenvalue weighted by Gasteiger charge is 2.19. The molecule has 0 saturated carbocycles. The van der Waals surface area contributed by atoms with Gasteiger partial charge in [-0.2, -0.15) is 5.26 Å². The molecule has 3 N–H and O–H groups in total. The van der Waals surface area contributed by atoms with Crippen LogP contribution in [0.4, 0.5) is 15.8 Å². The van der Waals surface area contributed by atoms with Crippen LogP contribution in [-0.4, -0.2) is 8.42 Å². The number of anilines is 2. The van der Waals surface area contributed by atoms with Gasteiger partial charge in [-0.25, -0.2) is 12.8 Å². The highest BCUT2D eigenvalue weighted by molar-refractivity contribution is 7.92. The fraction of sp³-hybridized carbons (Fsp3) is 0. The molecule has 2 aromatic carbocycles. The van der Waals surface area contributed by atoms with Gasteiger partial charge in [0, 0.05) is 0 Å². The van der Waals surface area contributed by atoms with E-state index in [1.165, 1.54) is 30.3 Å². The van der Waals surface area contributed by atoms with Gasteiger partial charge in [0.05, 0.1) is 23.0 Å². The van der Waals surface area contributed by atoms with Crippen molar-refractivity contribution < 1.29 is 12.8 Å². The van der Waals surface area contributed by atoms with E-state index in [4.69, 9.17) is 11.0 Å². The summed E-state index contributed by atoms with van der Waals surface area (Å²) in [4.78, 5) is -0.469. The van der Waals surface area contributed by atoms with E-state index in [2.05, 4.69) is 4.72 Å². The second kappa shape index (κ2) is 5.19. The molecule has 2 rings (SSSR count). The molecule has 0 atom stereocenters. The van der Waals surface area contributed by atoms with Gasteiger partial charge in [0.2, 0.25) is 0 Å². The summed E-state index contributed by atoms with van der Waals surface area (Å²) in [6, 6.07) is 11.0. The first-order chi connectivity index (χ1) is 9.44. The molecule has 0 heterocycles. The number of benzene rings is 2. The van der Waals surface area contributed by atoms with Crippen molar-refractivity contribution in [3.8, 4) is 6.07 Å². The SMILES string of the molecule is N#Cc1ccc(NS(=O)(=O)c2ccccc2F)c(N)c1. The van der Waals surface area contributed by atoms with E-state index in [0.717, 1.165) is 12.1 Å². The summed E-state index contributed by atoms with van der Waals surface area (Å²) < 4.78 is 39.8. The summed E-state index contributed by atoms with van der Waals surface area (Å²) in [5.41, 5.74) is 6.13. The van der Waals surface area contributed by atoms with Gasteiger partial charge >= 0.3 is 0 Å². The van der Waals surface area contributed by atoms with Crippen molar-refractivity contribution in [2.24, 2.45) is 0 Å². The zero-order valence-electron chi connectivity index (χ0n) is 10.2. The van der Waals surface area contributed by atoms with Gasteiger partial charge in [0.15, 0.2) is 0 Å². The molecule has 7 heteroatoms. The number of rotatable bonds is 3. The van der Waals surface area contributed by atoms with Gasteiger partial charge < -0.3 is 5.73 Å². The van der Waals surface area contributed by atoms with E-state index >= 15 is 0 Å². The van der Waals surface area contributed by atoms with Gasteiger partial charge in [-0.15, -0.1) is 0 Å². The van der Waals surface area contributed by atoms with Crippen LogP contribution < -0.4 is 10.5 Å². The Morgan fingerprint density at radius 3 is 2.50 bits per heavy atom. The van der Waals surface area contributed by atoms with Crippen molar-refractivity contribution >= 4 is 21.4 Å². The van der Waals surface area contributed by atoms with Crippen LogP contribution in [0.25, 0.3) is 0 Å². The summed E-state index contributed by atoms with van der Waals surface area (Å²) in [5.74, 6) is -0.854. The van der Waals surface area contributed by atoms with Crippen molar-refractivity contribution in [3.63, 3.8) is 0 Å². The quantitative estimate of drug-likeness (QED) is 0.846. The van der Waals surface area contributed by atoms with Crippen LogP contribution in [0.3, 0.4) is 0 Å². The van der Waals surface area contributed by atoms with Crippen molar-refractivity contribution in [1.82, 2.24) is 0 Å². The van der Waals surface area contributed by atoms with E-state index in [0.29, 0.717) is 5.56 Å². The maximum Gasteiger partial charge on any atom is 0.264 e. The largest absolute Gasteiger partial charge is 0.397 e. The molecule has 0 unspecified atom stereocenters. The highest BCUT2D eigenvalue weighted by Crippen LogP contribution is 2.24. The van der Waals surface area contributed by atoms with Crippen LogP contribution in [0.15, 0.2) is 47.4 Å². The summed E-state index contributed by atoms with van der Waals surface area (Å²) >= 11 is 0. The smallest absolute Gasteiger partial charge is 0.264 e. The Bertz CT molecular complexity index is 798. The third kappa shape index (κ3) is 2.70. The van der Waals surface area contributed by atoms with E-state index in [9.17, 15) is 12.8 Å². The Hall–Kier alpha value is -2.59. The molecule has 0 saturated heterocycles. The Morgan fingerprint density at radius 2 is 1.90 bits per heavy atom. The monoisotopic (exact) mass is 291 g/mol. The predicted molar refractivity (Wildman–Crippen MR) is 72.8 cm³/mol. The van der Waals surface area contributed by atoms with E-state index in [1.807, 2.05) is 6.07 Å². The molecular weight excluding hydrogens is 281 g/mol. The van der Waals surface area contributed by atoms with E-state index in [1.54, 1.807) is 0 Å². The van der Waals surface area contributed by atoms with E-state index < -0.39 is 20.7 Å². The molecule has 0 aromatic heterocycles. The van der Waals surface area contributed by atoms with Crippen molar-refractivity contribution in [2.45, 2.75) is 4.90 Å². The number of nitriles is 1. The van der Waals surface area contributed by atoms with Crippen molar-refractivity contribution in [1.29, 1.82) is 5.26 Å². The minimum Gasteiger partial charge on any atom is -0.397 e. The van der Waals surface area contributed by atoms with Crippen molar-refractivity contribution in [2.75, 3.05) is 10.5 Å². The Balaban J connectivity index is 2.40. The summed E-state index contributed by atoms with van der Waals surface area (Å²) in [6.45, 7) is 0. The van der Waals surface area contributed by atoms with Crippen molar-refractivity contribution in [3.05, 3.63) is 53.8 Å². The molecule has 5 nitrogen and oxygen atoms in total. The number of nitrogen functional groups attached to an aromatic ring is 1. The highest BCUT2D eigenvalue weighted by atomic mass is 32.2. The second-order valence-electron chi connectivity index (χ2n) is 3.95. The van der Waals surface area contributed by atoms with Crippen LogP contribution in [0.2, 0.25) is 0 Å². The maximum atomic E-state index is 13.5. The van der Waals surface area contributed by atoms with Crippen LogP contribution >= 0.6 is 0 Å². The molecule has 0 bridgehead atoms. The number of hydrogen-bond donors (Lipinski definition) is 2. The normalized spacial score (nSPS) is 10.8. The molecule has 2 aromatic rings. The lowest BCUT2D eigenvalue weighted by Gasteiger charge is -2.11. The van der Waals surface area contributed by atoms with Gasteiger partial charge in [0.1, 0.15) is 10.7 Å². The van der Waals surface area contributed by atoms with Crippen LogP contribution in [-0.2, 0) is 10.0 Å². The Labute approximate surface area is 115 Å². The molecule has 0 spiro atoms. The van der Waals surface area contributed by atoms with Gasteiger partial charge in [-0.3, -0.25) is 4.72 Å². The standard InChI is InChI=1S/C13H10FN3O2S/c14-10-3-1-2-4-13(10)20(18,19)17-12-6-5-9(8-15)7-11(12)16/h1-7,17H,16H2. The number of nitrogens with zero attached hydrogens (tertiary/aromatic N) is 1. The molecular formula is C13H10FN3O2S. The molecule has 0 aliphatic heterocycles. The van der Waals surface area contributed by atoms with Crippen LogP contribution in [0, 0.1) is 17.1 Å². The number of nitrogens with one attached hydrogen (secondary N) is 1. The number of hydrogen-bond acceptors (Lipinski definition) is 4. The minimum atomic E-state index is -4.07. The maximum absolute atomic E-state index is 13.5. The minimum absolute atomic E-state index is 0.0870. The summed E-state index contributed by atoms with van der Waals surface area (Å²) in [5, 5.41) is 8.71. The number of nitrogens with two attached hydrogens (primary N) is 1. The lowest BCUT2D eigenvalue weighted by atomic mass is 10.2. The summed E-state index contributed by atoms with van der Waals surface area (Å²) in [6.07, 6.45) is 0. The van der Waals surface area contributed by atoms with Gasteiger partial charge in [-0.1, -0.05) is 12.1 Å². The van der Waals surface area contributed by atoms with E-state index in [-0.39, 0.29) is 11.4 Å². The Morgan fingerprint density at radius 1 is 1.20 bits per heavy atom. The Kier molecular flexibility index (Phi) is 3.59. The predicted octanol–water partition coefficient (Wildman–Crippen LogP) is 2.08. The van der Waals surface area contributed by atoms with Gasteiger partial charge in [0.25, 0.3) is 10.0 Å². The molecule has 20 heavy (non-hydrogen) atoms. The zero-order chi connectivity index (χ0) is 14.8. The lowest BCUT2D eigenvalue weighted by Crippen LogP contribution is -2.15. The average Bonchev–Trinajstić information content (AvgIpc) is 2.41. The third-order valence-electron chi connectivity index (χ3n) is 2.55. The first-order valence-corrected chi connectivity index (χ1v) is 6.99. The fourth-order valence-corrected chi connectivity index (χ4v) is 2.76. The molecule has 102 valence electrons. The second-order valence-corrected chi connectivity index (χ2v) is 5.60. The molecule has 0 aliphatic carbocycles. The number of sulfonamides is 1. The fourth-order valence-electron chi connectivity index (χ4n) is 1.59.